The van der Waals surface area contributed by atoms with Gasteiger partial charge in [0, 0.05) is 17.1 Å². The van der Waals surface area contributed by atoms with E-state index >= 15 is 0 Å². The number of hydrogen-bond acceptors (Lipinski definition) is 3. The molecular formula is C19H15N3O. The topological polar surface area (TPSA) is 39.9 Å². The second kappa shape index (κ2) is 5.57. The normalized spacial score (nSPS) is 10.8. The van der Waals surface area contributed by atoms with Gasteiger partial charge in [0.05, 0.1) is 12.6 Å². The van der Waals surface area contributed by atoms with Gasteiger partial charge in [-0.2, -0.15) is 5.10 Å². The predicted octanol–water partition coefficient (Wildman–Crippen LogP) is 4.10. The molecule has 2 heterocycles. The molecule has 0 atom stereocenters. The summed E-state index contributed by atoms with van der Waals surface area (Å²) in [7, 11) is 1.67. The van der Waals surface area contributed by atoms with Gasteiger partial charge in [0.2, 0.25) is 0 Å². The number of aromatic nitrogens is 3. The Morgan fingerprint density at radius 3 is 2.48 bits per heavy atom. The van der Waals surface area contributed by atoms with E-state index in [1.54, 1.807) is 13.3 Å². The van der Waals surface area contributed by atoms with Crippen molar-refractivity contribution in [2.24, 2.45) is 0 Å². The van der Waals surface area contributed by atoms with Crippen molar-refractivity contribution in [1.82, 2.24) is 14.8 Å². The van der Waals surface area contributed by atoms with Crippen molar-refractivity contribution in [3.63, 3.8) is 0 Å². The molecule has 0 radical (unpaired) electrons. The van der Waals surface area contributed by atoms with Crippen LogP contribution in [0.25, 0.3) is 28.0 Å². The molecule has 0 N–H and O–H groups in total. The van der Waals surface area contributed by atoms with Crippen LogP contribution < -0.4 is 4.74 Å². The van der Waals surface area contributed by atoms with E-state index in [1.165, 1.54) is 0 Å². The highest BCUT2D eigenvalue weighted by Crippen LogP contribution is 2.31. The van der Waals surface area contributed by atoms with E-state index in [0.717, 1.165) is 33.7 Å². The third-order valence-corrected chi connectivity index (χ3v) is 3.80. The maximum Gasteiger partial charge on any atom is 0.153 e. The lowest BCUT2D eigenvalue weighted by atomic mass is 10.1. The lowest BCUT2D eigenvalue weighted by molar-refractivity contribution is 0.415. The summed E-state index contributed by atoms with van der Waals surface area (Å²) in [6, 6.07) is 21.9. The standard InChI is InChI=1S/C19H15N3O/c1-23-15-10-11-17-16(13-15)19(14-7-3-2-4-8-14)21-22(17)18-9-5-6-12-20-18/h2-13H,1H3. The Morgan fingerprint density at radius 1 is 0.913 bits per heavy atom. The van der Waals surface area contributed by atoms with Crippen LogP contribution in [0.1, 0.15) is 0 Å². The van der Waals surface area contributed by atoms with Crippen LogP contribution in [0.3, 0.4) is 0 Å². The number of pyridine rings is 1. The largest absolute Gasteiger partial charge is 0.497 e. The van der Waals surface area contributed by atoms with Gasteiger partial charge in [-0.3, -0.25) is 0 Å². The van der Waals surface area contributed by atoms with Crippen molar-refractivity contribution in [2.75, 3.05) is 7.11 Å². The Balaban J connectivity index is 2.02. The van der Waals surface area contributed by atoms with Crippen molar-refractivity contribution < 1.29 is 4.74 Å². The number of ether oxygens (including phenoxy) is 1. The Labute approximate surface area is 134 Å². The quantitative estimate of drug-likeness (QED) is 0.572. The monoisotopic (exact) mass is 301 g/mol. The minimum absolute atomic E-state index is 0.796. The smallest absolute Gasteiger partial charge is 0.153 e. The molecular weight excluding hydrogens is 286 g/mol. The van der Waals surface area contributed by atoms with Crippen molar-refractivity contribution in [2.45, 2.75) is 0 Å². The fourth-order valence-electron chi connectivity index (χ4n) is 2.69. The van der Waals surface area contributed by atoms with E-state index in [2.05, 4.69) is 17.1 Å². The molecule has 0 aliphatic rings. The Bertz CT molecular complexity index is 946. The van der Waals surface area contributed by atoms with Crippen LogP contribution in [-0.2, 0) is 0 Å². The zero-order chi connectivity index (χ0) is 15.6. The first-order chi connectivity index (χ1) is 11.4. The van der Waals surface area contributed by atoms with E-state index in [-0.39, 0.29) is 0 Å². The minimum atomic E-state index is 0.796. The molecule has 0 bridgehead atoms. The second-order valence-electron chi connectivity index (χ2n) is 5.20. The van der Waals surface area contributed by atoms with Gasteiger partial charge in [0.1, 0.15) is 11.4 Å². The highest BCUT2D eigenvalue weighted by molar-refractivity contribution is 5.95. The number of benzene rings is 2. The molecule has 4 rings (SSSR count). The molecule has 0 fully saturated rings. The zero-order valence-corrected chi connectivity index (χ0v) is 12.7. The molecule has 0 saturated heterocycles. The molecule has 0 amide bonds. The highest BCUT2D eigenvalue weighted by atomic mass is 16.5. The lowest BCUT2D eigenvalue weighted by Crippen LogP contribution is -1.98. The third kappa shape index (κ3) is 2.34. The van der Waals surface area contributed by atoms with Crippen LogP contribution in [-0.4, -0.2) is 21.9 Å². The van der Waals surface area contributed by atoms with Crippen molar-refractivity contribution in [3.8, 4) is 22.8 Å². The molecule has 112 valence electrons. The van der Waals surface area contributed by atoms with E-state index in [9.17, 15) is 0 Å². The summed E-state index contributed by atoms with van der Waals surface area (Å²) >= 11 is 0. The molecule has 4 nitrogen and oxygen atoms in total. The number of rotatable bonds is 3. The third-order valence-electron chi connectivity index (χ3n) is 3.80. The van der Waals surface area contributed by atoms with Gasteiger partial charge in [0.25, 0.3) is 0 Å². The van der Waals surface area contributed by atoms with Crippen LogP contribution in [0.4, 0.5) is 0 Å². The average Bonchev–Trinajstić information content (AvgIpc) is 3.02. The summed E-state index contributed by atoms with van der Waals surface area (Å²) < 4.78 is 7.25. The molecule has 23 heavy (non-hydrogen) atoms. The van der Waals surface area contributed by atoms with Crippen molar-refractivity contribution in [1.29, 1.82) is 0 Å². The lowest BCUT2D eigenvalue weighted by Gasteiger charge is -2.02. The van der Waals surface area contributed by atoms with Crippen LogP contribution in [0.15, 0.2) is 72.9 Å². The molecule has 0 unspecified atom stereocenters. The molecule has 0 spiro atoms. The summed E-state index contributed by atoms with van der Waals surface area (Å²) in [6.07, 6.45) is 1.77. The first-order valence-electron chi connectivity index (χ1n) is 7.40. The molecule has 0 saturated carbocycles. The summed E-state index contributed by atoms with van der Waals surface area (Å²) in [4.78, 5) is 4.42. The van der Waals surface area contributed by atoms with Gasteiger partial charge in [0.15, 0.2) is 5.82 Å². The second-order valence-corrected chi connectivity index (χ2v) is 5.20. The molecule has 4 heteroatoms. The average molecular weight is 301 g/mol. The van der Waals surface area contributed by atoms with E-state index in [4.69, 9.17) is 9.84 Å². The van der Waals surface area contributed by atoms with Crippen LogP contribution >= 0.6 is 0 Å². The Kier molecular flexibility index (Phi) is 3.27. The number of methoxy groups -OCH3 is 1. The minimum Gasteiger partial charge on any atom is -0.497 e. The number of fused-ring (bicyclic) bond motifs is 1. The SMILES string of the molecule is COc1ccc2c(c1)c(-c1ccccc1)nn2-c1ccccn1. The van der Waals surface area contributed by atoms with Gasteiger partial charge in [-0.05, 0) is 30.3 Å². The van der Waals surface area contributed by atoms with Crippen LogP contribution in [0.5, 0.6) is 5.75 Å². The van der Waals surface area contributed by atoms with Gasteiger partial charge >= 0.3 is 0 Å². The summed E-state index contributed by atoms with van der Waals surface area (Å²) in [5.74, 6) is 1.61. The summed E-state index contributed by atoms with van der Waals surface area (Å²) in [5, 5.41) is 5.85. The zero-order valence-electron chi connectivity index (χ0n) is 12.7. The summed E-state index contributed by atoms with van der Waals surface area (Å²) in [6.45, 7) is 0. The maximum atomic E-state index is 5.38. The van der Waals surface area contributed by atoms with Gasteiger partial charge in [-0.1, -0.05) is 36.4 Å². The van der Waals surface area contributed by atoms with Gasteiger partial charge in [-0.15, -0.1) is 0 Å². The van der Waals surface area contributed by atoms with Crippen LogP contribution in [0, 0.1) is 0 Å². The van der Waals surface area contributed by atoms with E-state index in [0.29, 0.717) is 0 Å². The first-order valence-corrected chi connectivity index (χ1v) is 7.40. The molecule has 2 aromatic carbocycles. The fraction of sp³-hybridized carbons (Fsp3) is 0.0526. The molecule has 2 aromatic heterocycles. The fourth-order valence-corrected chi connectivity index (χ4v) is 2.69. The number of hydrogen-bond donors (Lipinski definition) is 0. The summed E-state index contributed by atoms with van der Waals surface area (Å²) in [5.41, 5.74) is 2.99. The predicted molar refractivity (Wildman–Crippen MR) is 90.9 cm³/mol. The van der Waals surface area contributed by atoms with Gasteiger partial charge < -0.3 is 4.74 Å². The van der Waals surface area contributed by atoms with Crippen molar-refractivity contribution >= 4 is 10.9 Å². The maximum absolute atomic E-state index is 5.38. The number of nitrogens with zero attached hydrogens (tertiary/aromatic N) is 3. The van der Waals surface area contributed by atoms with E-state index < -0.39 is 0 Å². The molecule has 4 aromatic rings. The first kappa shape index (κ1) is 13.5. The van der Waals surface area contributed by atoms with Gasteiger partial charge in [-0.25, -0.2) is 9.67 Å². The Hall–Kier alpha value is -3.14. The van der Waals surface area contributed by atoms with Crippen molar-refractivity contribution in [3.05, 3.63) is 72.9 Å². The molecule has 0 aliphatic carbocycles. The van der Waals surface area contributed by atoms with Crippen LogP contribution in [0.2, 0.25) is 0 Å². The Morgan fingerprint density at radius 2 is 1.74 bits per heavy atom. The molecule has 0 aliphatic heterocycles. The highest BCUT2D eigenvalue weighted by Gasteiger charge is 2.14. The van der Waals surface area contributed by atoms with E-state index in [1.807, 2.05) is 59.3 Å².